The Morgan fingerprint density at radius 3 is 2.53 bits per heavy atom. The van der Waals surface area contributed by atoms with Gasteiger partial charge in [-0.3, -0.25) is 9.48 Å². The first-order chi connectivity index (χ1) is 7.70. The van der Waals surface area contributed by atoms with E-state index in [0.29, 0.717) is 0 Å². The lowest BCUT2D eigenvalue weighted by Gasteiger charge is -2.11. The number of carbonyl (C=O) groups is 1. The Kier molecular flexibility index (Phi) is 3.68. The van der Waals surface area contributed by atoms with Crippen LogP contribution in [0.25, 0.3) is 0 Å². The van der Waals surface area contributed by atoms with Gasteiger partial charge in [0.2, 0.25) is 0 Å². The second kappa shape index (κ2) is 4.53. The molecule has 9 heteroatoms. The molecular formula is C8H9ClF3N3O2. The summed E-state index contributed by atoms with van der Waals surface area (Å²) in [5.41, 5.74) is 3.47. The van der Waals surface area contributed by atoms with Crippen LogP contribution in [0.4, 0.5) is 13.2 Å². The van der Waals surface area contributed by atoms with Gasteiger partial charge in [-0.05, 0) is 0 Å². The molecule has 17 heavy (non-hydrogen) atoms. The molecule has 96 valence electrons. The normalized spacial score (nSPS) is 13.6. The Morgan fingerprint density at radius 2 is 2.12 bits per heavy atom. The molecule has 0 amide bonds. The topological polar surface area (TPSA) is 70.1 Å². The van der Waals surface area contributed by atoms with Crippen LogP contribution < -0.4 is 5.73 Å². The van der Waals surface area contributed by atoms with Gasteiger partial charge in [0.05, 0.1) is 7.11 Å². The van der Waals surface area contributed by atoms with E-state index in [2.05, 4.69) is 9.84 Å². The second-order valence-electron chi connectivity index (χ2n) is 3.18. The van der Waals surface area contributed by atoms with Crippen LogP contribution in [0.5, 0.6) is 0 Å². The SMILES string of the molecule is COC(=O)C(N)c1c(C(F)(F)F)nn(C)c1Cl. The molecule has 2 N–H and O–H groups in total. The van der Waals surface area contributed by atoms with Crippen molar-refractivity contribution in [3.05, 3.63) is 16.4 Å². The average Bonchev–Trinajstić information content (AvgIpc) is 2.53. The van der Waals surface area contributed by atoms with Gasteiger partial charge in [-0.1, -0.05) is 11.6 Å². The van der Waals surface area contributed by atoms with Crippen molar-refractivity contribution in [2.75, 3.05) is 7.11 Å². The molecule has 0 aromatic carbocycles. The minimum Gasteiger partial charge on any atom is -0.468 e. The quantitative estimate of drug-likeness (QED) is 0.822. The maximum Gasteiger partial charge on any atom is 0.435 e. The zero-order valence-corrected chi connectivity index (χ0v) is 9.63. The number of methoxy groups -OCH3 is 1. The van der Waals surface area contributed by atoms with Crippen LogP contribution in [0.2, 0.25) is 5.15 Å². The Morgan fingerprint density at radius 1 is 1.59 bits per heavy atom. The number of aromatic nitrogens is 2. The van der Waals surface area contributed by atoms with E-state index in [9.17, 15) is 18.0 Å². The molecule has 1 aromatic heterocycles. The molecule has 0 spiro atoms. The molecule has 0 aliphatic heterocycles. The number of hydrogen-bond donors (Lipinski definition) is 1. The summed E-state index contributed by atoms with van der Waals surface area (Å²) >= 11 is 5.63. The standard InChI is InChI=1S/C8H9ClF3N3O2/c1-15-6(9)3(4(13)7(16)17-2)5(14-15)8(10,11)12/h4H,13H2,1-2H3. The van der Waals surface area contributed by atoms with Crippen molar-refractivity contribution in [1.29, 1.82) is 0 Å². The van der Waals surface area contributed by atoms with Gasteiger partial charge < -0.3 is 10.5 Å². The van der Waals surface area contributed by atoms with E-state index in [1.807, 2.05) is 0 Å². The fraction of sp³-hybridized carbons (Fsp3) is 0.500. The van der Waals surface area contributed by atoms with Gasteiger partial charge in [-0.2, -0.15) is 18.3 Å². The Hall–Kier alpha value is -1.28. The highest BCUT2D eigenvalue weighted by molar-refractivity contribution is 6.30. The molecule has 1 atom stereocenters. The lowest BCUT2D eigenvalue weighted by atomic mass is 10.1. The molecule has 1 rings (SSSR count). The zero-order chi connectivity index (χ0) is 13.4. The highest BCUT2D eigenvalue weighted by Gasteiger charge is 2.41. The van der Waals surface area contributed by atoms with E-state index in [0.717, 1.165) is 11.8 Å². The maximum absolute atomic E-state index is 12.6. The van der Waals surface area contributed by atoms with Crippen molar-refractivity contribution in [3.63, 3.8) is 0 Å². The number of alkyl halides is 3. The molecule has 0 aliphatic rings. The van der Waals surface area contributed by atoms with Crippen molar-refractivity contribution in [2.45, 2.75) is 12.2 Å². The van der Waals surface area contributed by atoms with Crippen LogP contribution >= 0.6 is 11.6 Å². The summed E-state index contributed by atoms with van der Waals surface area (Å²) in [4.78, 5) is 11.1. The molecule has 1 heterocycles. The molecule has 1 aromatic rings. The first kappa shape index (κ1) is 13.8. The average molecular weight is 272 g/mol. The van der Waals surface area contributed by atoms with E-state index in [-0.39, 0.29) is 5.15 Å². The summed E-state index contributed by atoms with van der Waals surface area (Å²) in [7, 11) is 2.23. The highest BCUT2D eigenvalue weighted by Crippen LogP contribution is 2.36. The van der Waals surface area contributed by atoms with Crippen LogP contribution in [0, 0.1) is 0 Å². The van der Waals surface area contributed by atoms with E-state index < -0.39 is 29.4 Å². The fourth-order valence-electron chi connectivity index (χ4n) is 1.25. The number of halogens is 4. The van der Waals surface area contributed by atoms with Crippen LogP contribution in [-0.4, -0.2) is 22.9 Å². The number of aryl methyl sites for hydroxylation is 1. The number of esters is 1. The largest absolute Gasteiger partial charge is 0.468 e. The second-order valence-corrected chi connectivity index (χ2v) is 3.53. The first-order valence-electron chi connectivity index (χ1n) is 4.33. The predicted molar refractivity (Wildman–Crippen MR) is 52.2 cm³/mol. The smallest absolute Gasteiger partial charge is 0.435 e. The molecule has 0 aliphatic carbocycles. The van der Waals surface area contributed by atoms with Gasteiger partial charge in [0.25, 0.3) is 0 Å². The van der Waals surface area contributed by atoms with Crippen LogP contribution in [0.1, 0.15) is 17.3 Å². The third-order valence-corrected chi connectivity index (χ3v) is 2.49. The number of nitrogens with zero attached hydrogens (tertiary/aromatic N) is 2. The molecule has 0 fully saturated rings. The minimum atomic E-state index is -4.74. The Bertz CT molecular complexity index is 444. The van der Waals surface area contributed by atoms with E-state index in [4.69, 9.17) is 17.3 Å². The first-order valence-corrected chi connectivity index (χ1v) is 4.71. The van der Waals surface area contributed by atoms with Gasteiger partial charge in [-0.15, -0.1) is 0 Å². The summed E-state index contributed by atoms with van der Waals surface area (Å²) < 4.78 is 42.9. The number of carbonyl (C=O) groups excluding carboxylic acids is 1. The van der Waals surface area contributed by atoms with Crippen molar-refractivity contribution >= 4 is 17.6 Å². The molecule has 0 saturated heterocycles. The predicted octanol–water partition coefficient (Wildman–Crippen LogP) is 1.27. The molecule has 1 unspecified atom stereocenters. The van der Waals surface area contributed by atoms with E-state index in [1.54, 1.807) is 0 Å². The number of hydrogen-bond acceptors (Lipinski definition) is 4. The zero-order valence-electron chi connectivity index (χ0n) is 8.88. The van der Waals surface area contributed by atoms with Crippen LogP contribution in [0.15, 0.2) is 0 Å². The number of ether oxygens (including phenoxy) is 1. The van der Waals surface area contributed by atoms with Gasteiger partial charge >= 0.3 is 12.1 Å². The molecule has 0 saturated carbocycles. The lowest BCUT2D eigenvalue weighted by molar-refractivity contribution is -0.145. The van der Waals surface area contributed by atoms with Gasteiger partial charge in [0.15, 0.2) is 5.69 Å². The van der Waals surface area contributed by atoms with Gasteiger partial charge in [0.1, 0.15) is 11.2 Å². The van der Waals surface area contributed by atoms with Crippen molar-refractivity contribution in [3.8, 4) is 0 Å². The maximum atomic E-state index is 12.6. The lowest BCUT2D eigenvalue weighted by Crippen LogP contribution is -2.25. The third-order valence-electron chi connectivity index (χ3n) is 2.05. The molecule has 5 nitrogen and oxygen atoms in total. The summed E-state index contributed by atoms with van der Waals surface area (Å²) in [6, 6.07) is -1.63. The minimum absolute atomic E-state index is 0.352. The fourth-order valence-corrected chi connectivity index (χ4v) is 1.49. The molecule has 0 bridgehead atoms. The van der Waals surface area contributed by atoms with Crippen molar-refractivity contribution in [1.82, 2.24) is 9.78 Å². The monoisotopic (exact) mass is 271 g/mol. The Labute approximate surface area is 99.3 Å². The van der Waals surface area contributed by atoms with Gasteiger partial charge in [-0.25, -0.2) is 0 Å². The number of rotatable bonds is 2. The summed E-state index contributed by atoms with van der Waals surface area (Å²) in [5, 5.41) is 2.84. The van der Waals surface area contributed by atoms with E-state index in [1.165, 1.54) is 7.05 Å². The summed E-state index contributed by atoms with van der Waals surface area (Å²) in [6.45, 7) is 0. The van der Waals surface area contributed by atoms with Crippen molar-refractivity contribution < 1.29 is 22.7 Å². The number of nitrogens with two attached hydrogens (primary N) is 1. The highest BCUT2D eigenvalue weighted by atomic mass is 35.5. The summed E-state index contributed by atoms with van der Waals surface area (Å²) in [6.07, 6.45) is -4.74. The van der Waals surface area contributed by atoms with Gasteiger partial charge in [0, 0.05) is 12.6 Å². The van der Waals surface area contributed by atoms with Crippen molar-refractivity contribution in [2.24, 2.45) is 12.8 Å². The van der Waals surface area contributed by atoms with Crippen LogP contribution in [0.3, 0.4) is 0 Å². The van der Waals surface area contributed by atoms with Crippen LogP contribution in [-0.2, 0) is 22.8 Å². The summed E-state index contributed by atoms with van der Waals surface area (Å²) in [5.74, 6) is -1.02. The Balaban J connectivity index is 3.36. The van der Waals surface area contributed by atoms with E-state index >= 15 is 0 Å². The molecular weight excluding hydrogens is 263 g/mol. The molecule has 0 radical (unpaired) electrons. The third kappa shape index (κ3) is 2.52.